The Morgan fingerprint density at radius 3 is 2.60 bits per heavy atom. The van der Waals surface area contributed by atoms with Crippen LogP contribution in [0.5, 0.6) is 0 Å². The van der Waals surface area contributed by atoms with Crippen LogP contribution < -0.4 is 0 Å². The molecule has 0 spiro atoms. The molecule has 0 aliphatic carbocycles. The van der Waals surface area contributed by atoms with E-state index >= 15 is 0 Å². The van der Waals surface area contributed by atoms with Gasteiger partial charge in [0.1, 0.15) is 10.0 Å². The molecule has 2 heterocycles. The van der Waals surface area contributed by atoms with Crippen molar-refractivity contribution in [3.63, 3.8) is 0 Å². The zero-order chi connectivity index (χ0) is 11.1. The first kappa shape index (κ1) is 10.8. The average molecular weight is 239 g/mol. The monoisotopic (exact) mass is 239 g/mol. The van der Waals surface area contributed by atoms with Crippen LogP contribution in [0.4, 0.5) is 0 Å². The number of nitrogens with zero attached hydrogens (tertiary/aromatic N) is 3. The van der Waals surface area contributed by atoms with Gasteiger partial charge in [0.2, 0.25) is 0 Å². The van der Waals surface area contributed by atoms with Gasteiger partial charge in [-0.25, -0.2) is 15.0 Å². The SMILES string of the molecule is CSc1cnc2nc(C(C)(C)C)sc2n1. The number of thioether (sulfide) groups is 1. The summed E-state index contributed by atoms with van der Waals surface area (Å²) in [7, 11) is 0. The molecule has 0 N–H and O–H groups in total. The zero-order valence-corrected chi connectivity index (χ0v) is 10.9. The molecule has 0 saturated heterocycles. The van der Waals surface area contributed by atoms with Gasteiger partial charge in [0.15, 0.2) is 10.5 Å². The third-order valence-corrected chi connectivity index (χ3v) is 3.93. The van der Waals surface area contributed by atoms with Crippen LogP contribution in [0.25, 0.3) is 10.5 Å². The molecular weight excluding hydrogens is 226 g/mol. The topological polar surface area (TPSA) is 38.7 Å². The van der Waals surface area contributed by atoms with E-state index in [9.17, 15) is 0 Å². The van der Waals surface area contributed by atoms with Gasteiger partial charge >= 0.3 is 0 Å². The van der Waals surface area contributed by atoms with Crippen molar-refractivity contribution < 1.29 is 0 Å². The maximum Gasteiger partial charge on any atom is 0.189 e. The van der Waals surface area contributed by atoms with Crippen LogP contribution in [0.15, 0.2) is 11.2 Å². The summed E-state index contributed by atoms with van der Waals surface area (Å²) in [6, 6.07) is 0. The van der Waals surface area contributed by atoms with E-state index in [1.54, 1.807) is 29.3 Å². The number of fused-ring (bicyclic) bond motifs is 1. The molecule has 0 aliphatic heterocycles. The van der Waals surface area contributed by atoms with E-state index in [-0.39, 0.29) is 5.41 Å². The fraction of sp³-hybridized carbons (Fsp3) is 0.500. The Hall–Kier alpha value is -0.680. The highest BCUT2D eigenvalue weighted by atomic mass is 32.2. The lowest BCUT2D eigenvalue weighted by atomic mass is 9.98. The minimum absolute atomic E-state index is 0.0760. The van der Waals surface area contributed by atoms with Gasteiger partial charge in [-0.05, 0) is 6.26 Å². The van der Waals surface area contributed by atoms with E-state index in [1.165, 1.54) is 0 Å². The Morgan fingerprint density at radius 2 is 2.00 bits per heavy atom. The van der Waals surface area contributed by atoms with E-state index in [4.69, 9.17) is 0 Å². The second kappa shape index (κ2) is 3.72. The van der Waals surface area contributed by atoms with Gasteiger partial charge in [0.25, 0.3) is 0 Å². The first-order valence-electron chi connectivity index (χ1n) is 4.69. The van der Waals surface area contributed by atoms with Crippen molar-refractivity contribution in [2.24, 2.45) is 0 Å². The summed E-state index contributed by atoms with van der Waals surface area (Å²) in [5, 5.41) is 2.04. The minimum atomic E-state index is 0.0760. The van der Waals surface area contributed by atoms with Crippen LogP contribution in [0, 0.1) is 0 Å². The van der Waals surface area contributed by atoms with Gasteiger partial charge in [0.05, 0.1) is 6.20 Å². The Balaban J connectivity index is 2.56. The van der Waals surface area contributed by atoms with Crippen LogP contribution in [0.3, 0.4) is 0 Å². The van der Waals surface area contributed by atoms with Crippen molar-refractivity contribution in [2.45, 2.75) is 31.2 Å². The van der Waals surface area contributed by atoms with Gasteiger partial charge in [-0.3, -0.25) is 0 Å². The van der Waals surface area contributed by atoms with Crippen molar-refractivity contribution in [1.82, 2.24) is 15.0 Å². The molecule has 0 radical (unpaired) electrons. The molecule has 2 rings (SSSR count). The second-order valence-electron chi connectivity index (χ2n) is 4.31. The zero-order valence-electron chi connectivity index (χ0n) is 9.24. The molecule has 5 heteroatoms. The van der Waals surface area contributed by atoms with E-state index in [0.29, 0.717) is 0 Å². The molecule has 0 bridgehead atoms. The molecule has 0 fully saturated rings. The van der Waals surface area contributed by atoms with E-state index in [2.05, 4.69) is 35.7 Å². The maximum atomic E-state index is 4.50. The molecule has 80 valence electrons. The van der Waals surface area contributed by atoms with Gasteiger partial charge in [0, 0.05) is 5.41 Å². The number of aromatic nitrogens is 3. The van der Waals surface area contributed by atoms with Crippen LogP contribution in [0.2, 0.25) is 0 Å². The van der Waals surface area contributed by atoms with Crippen molar-refractivity contribution in [3.8, 4) is 0 Å². The number of hydrogen-bond donors (Lipinski definition) is 0. The first-order valence-corrected chi connectivity index (χ1v) is 6.73. The molecule has 2 aromatic heterocycles. The van der Waals surface area contributed by atoms with E-state index in [0.717, 1.165) is 20.5 Å². The van der Waals surface area contributed by atoms with Crippen LogP contribution in [0.1, 0.15) is 25.8 Å². The quantitative estimate of drug-likeness (QED) is 0.717. The summed E-state index contributed by atoms with van der Waals surface area (Å²) >= 11 is 3.24. The maximum absolute atomic E-state index is 4.50. The summed E-state index contributed by atoms with van der Waals surface area (Å²) in [6.07, 6.45) is 3.78. The van der Waals surface area contributed by atoms with Crippen molar-refractivity contribution in [3.05, 3.63) is 11.2 Å². The van der Waals surface area contributed by atoms with Crippen LogP contribution >= 0.6 is 23.1 Å². The molecule has 15 heavy (non-hydrogen) atoms. The summed E-state index contributed by atoms with van der Waals surface area (Å²) < 4.78 is 0. The second-order valence-corrected chi connectivity index (χ2v) is 6.11. The van der Waals surface area contributed by atoms with Gasteiger partial charge in [-0.1, -0.05) is 32.1 Å². The van der Waals surface area contributed by atoms with Gasteiger partial charge < -0.3 is 0 Å². The Kier molecular flexibility index (Phi) is 2.68. The standard InChI is InChI=1S/C10H13N3S2/c1-10(2,3)9-13-7-8(15-9)12-6(14-4)5-11-7/h5H,1-4H3. The molecule has 3 nitrogen and oxygen atoms in total. The summed E-state index contributed by atoms with van der Waals surface area (Å²) in [6.45, 7) is 6.46. The first-order chi connectivity index (χ1) is 7.00. The molecular formula is C10H13N3S2. The summed E-state index contributed by atoms with van der Waals surface area (Å²) in [5.41, 5.74) is 0.842. The highest BCUT2D eigenvalue weighted by Crippen LogP contribution is 2.29. The normalized spacial score (nSPS) is 12.3. The third-order valence-electron chi connectivity index (χ3n) is 1.95. The highest BCUT2D eigenvalue weighted by molar-refractivity contribution is 7.98. The molecule has 0 saturated carbocycles. The van der Waals surface area contributed by atoms with Crippen molar-refractivity contribution >= 4 is 33.6 Å². The number of thiazole rings is 1. The van der Waals surface area contributed by atoms with Crippen molar-refractivity contribution in [1.29, 1.82) is 0 Å². The predicted octanol–water partition coefficient (Wildman–Crippen LogP) is 3.11. The highest BCUT2D eigenvalue weighted by Gasteiger charge is 2.19. The van der Waals surface area contributed by atoms with Crippen LogP contribution in [-0.4, -0.2) is 21.2 Å². The number of hydrogen-bond acceptors (Lipinski definition) is 5. The lowest BCUT2D eigenvalue weighted by molar-refractivity contribution is 0.586. The smallest absolute Gasteiger partial charge is 0.189 e. The van der Waals surface area contributed by atoms with E-state index in [1.807, 2.05) is 6.26 Å². The molecule has 0 unspecified atom stereocenters. The Morgan fingerprint density at radius 1 is 1.27 bits per heavy atom. The third kappa shape index (κ3) is 2.13. The van der Waals surface area contributed by atoms with E-state index < -0.39 is 0 Å². The Labute approximate surface area is 97.4 Å². The largest absolute Gasteiger partial charge is 0.232 e. The molecule has 0 atom stereocenters. The fourth-order valence-corrected chi connectivity index (χ4v) is 2.48. The lowest BCUT2D eigenvalue weighted by Gasteiger charge is -2.12. The molecule has 2 aromatic rings. The van der Waals surface area contributed by atoms with Gasteiger partial charge in [-0.2, -0.15) is 0 Å². The number of rotatable bonds is 1. The summed E-state index contributed by atoms with van der Waals surface area (Å²) in [4.78, 5) is 14.2. The molecule has 0 amide bonds. The van der Waals surface area contributed by atoms with Gasteiger partial charge in [-0.15, -0.1) is 11.8 Å². The molecule has 0 aliphatic rings. The van der Waals surface area contributed by atoms with Crippen LogP contribution in [-0.2, 0) is 5.41 Å². The van der Waals surface area contributed by atoms with Crippen molar-refractivity contribution in [2.75, 3.05) is 6.26 Å². The average Bonchev–Trinajstić information content (AvgIpc) is 2.59. The minimum Gasteiger partial charge on any atom is -0.232 e. The Bertz CT molecular complexity index is 485. The predicted molar refractivity (Wildman–Crippen MR) is 65.7 cm³/mol. The lowest BCUT2D eigenvalue weighted by Crippen LogP contribution is -2.09. The summed E-state index contributed by atoms with van der Waals surface area (Å²) in [5.74, 6) is 0. The fourth-order valence-electron chi connectivity index (χ4n) is 1.13. The molecule has 0 aromatic carbocycles.